The number of hydrogen-bond donors (Lipinski definition) is 1. The van der Waals surface area contributed by atoms with Crippen molar-refractivity contribution >= 4 is 5.97 Å². The van der Waals surface area contributed by atoms with E-state index in [2.05, 4.69) is 18.9 Å². The summed E-state index contributed by atoms with van der Waals surface area (Å²) in [6.07, 6.45) is 7.79. The summed E-state index contributed by atoms with van der Waals surface area (Å²) in [6, 6.07) is -0.739. The number of unbranched alkanes of at least 4 members (excludes halogenated alkanes) is 1. The van der Waals surface area contributed by atoms with Gasteiger partial charge in [-0.15, -0.1) is 0 Å². The second-order valence-electron chi connectivity index (χ2n) is 4.97. The first-order valence-corrected chi connectivity index (χ1v) is 6.99. The fraction of sp³-hybridized carbons (Fsp3) is 0.714. The van der Waals surface area contributed by atoms with E-state index in [1.807, 2.05) is 0 Å². The Hall–Kier alpha value is -1.36. The molecule has 2 unspecified atom stereocenters. The van der Waals surface area contributed by atoms with E-state index in [0.717, 1.165) is 12.8 Å². The van der Waals surface area contributed by atoms with Crippen molar-refractivity contribution in [2.24, 2.45) is 18.7 Å². The first kappa shape index (κ1) is 15.7. The van der Waals surface area contributed by atoms with Gasteiger partial charge in [0.15, 0.2) is 0 Å². The van der Waals surface area contributed by atoms with Gasteiger partial charge in [0, 0.05) is 18.8 Å². The van der Waals surface area contributed by atoms with Gasteiger partial charge >= 0.3 is 5.97 Å². The minimum atomic E-state index is -0.739. The van der Waals surface area contributed by atoms with E-state index in [1.54, 1.807) is 24.1 Å². The van der Waals surface area contributed by atoms with Gasteiger partial charge in [-0.1, -0.05) is 33.1 Å². The molecule has 1 rings (SSSR count). The van der Waals surface area contributed by atoms with E-state index in [4.69, 9.17) is 10.5 Å². The summed E-state index contributed by atoms with van der Waals surface area (Å²) >= 11 is 0. The predicted octanol–water partition coefficient (Wildman–Crippen LogP) is 2.18. The van der Waals surface area contributed by atoms with Crippen LogP contribution in [0.25, 0.3) is 0 Å². The van der Waals surface area contributed by atoms with Crippen LogP contribution in [-0.4, -0.2) is 22.4 Å². The molecule has 19 heavy (non-hydrogen) atoms. The maximum absolute atomic E-state index is 11.9. The van der Waals surface area contributed by atoms with E-state index >= 15 is 0 Å². The second-order valence-corrected chi connectivity index (χ2v) is 4.97. The molecule has 1 aromatic rings. The zero-order valence-electron chi connectivity index (χ0n) is 12.1. The molecule has 5 nitrogen and oxygen atoms in total. The summed E-state index contributed by atoms with van der Waals surface area (Å²) in [5, 5.41) is 4.00. The predicted molar refractivity (Wildman–Crippen MR) is 74.4 cm³/mol. The lowest BCUT2D eigenvalue weighted by Crippen LogP contribution is -2.25. The van der Waals surface area contributed by atoms with Gasteiger partial charge in [-0.3, -0.25) is 4.68 Å². The summed E-state index contributed by atoms with van der Waals surface area (Å²) in [4.78, 5) is 11.9. The monoisotopic (exact) mass is 267 g/mol. The van der Waals surface area contributed by atoms with Crippen molar-refractivity contribution in [1.82, 2.24) is 9.78 Å². The second kappa shape index (κ2) is 7.94. The van der Waals surface area contributed by atoms with Gasteiger partial charge in [0.1, 0.15) is 6.04 Å². The first-order chi connectivity index (χ1) is 9.08. The largest absolute Gasteiger partial charge is 0.464 e. The van der Waals surface area contributed by atoms with Crippen molar-refractivity contribution in [2.45, 2.75) is 45.6 Å². The van der Waals surface area contributed by atoms with Gasteiger partial charge in [-0.2, -0.15) is 5.10 Å². The number of nitrogens with two attached hydrogens (primary N) is 1. The topological polar surface area (TPSA) is 70.1 Å². The Morgan fingerprint density at radius 3 is 2.79 bits per heavy atom. The van der Waals surface area contributed by atoms with Crippen LogP contribution in [0.5, 0.6) is 0 Å². The number of aromatic nitrogens is 2. The molecular weight excluding hydrogens is 242 g/mol. The van der Waals surface area contributed by atoms with Crippen LogP contribution in [0.2, 0.25) is 0 Å². The zero-order valence-corrected chi connectivity index (χ0v) is 12.1. The van der Waals surface area contributed by atoms with Crippen molar-refractivity contribution in [3.8, 4) is 0 Å². The number of nitrogens with zero attached hydrogens (tertiary/aromatic N) is 2. The fourth-order valence-electron chi connectivity index (χ4n) is 1.92. The Balaban J connectivity index is 2.41. The van der Waals surface area contributed by atoms with Gasteiger partial charge < -0.3 is 10.5 Å². The Morgan fingerprint density at radius 2 is 2.26 bits per heavy atom. The number of carbonyl (C=O) groups excluding carboxylic acids is 1. The molecule has 0 aromatic carbocycles. The maximum atomic E-state index is 11.9. The van der Waals surface area contributed by atoms with Crippen LogP contribution in [0.3, 0.4) is 0 Å². The minimum absolute atomic E-state index is 0.372. The zero-order chi connectivity index (χ0) is 14.3. The SMILES string of the molecule is CCCCC(CC)COC(=O)C(N)c1cnn(C)c1. The molecule has 0 saturated carbocycles. The molecule has 0 fully saturated rings. The molecule has 0 aliphatic heterocycles. The lowest BCUT2D eigenvalue weighted by molar-refractivity contribution is -0.146. The first-order valence-electron chi connectivity index (χ1n) is 6.99. The molecule has 2 N–H and O–H groups in total. The molecule has 0 saturated heterocycles. The molecular formula is C14H25N3O2. The average Bonchev–Trinajstić information content (AvgIpc) is 2.84. The van der Waals surface area contributed by atoms with Crippen molar-refractivity contribution in [3.05, 3.63) is 18.0 Å². The van der Waals surface area contributed by atoms with Crippen molar-refractivity contribution in [1.29, 1.82) is 0 Å². The van der Waals surface area contributed by atoms with Crippen LogP contribution in [0.4, 0.5) is 0 Å². The van der Waals surface area contributed by atoms with Crippen molar-refractivity contribution in [3.63, 3.8) is 0 Å². The number of rotatable bonds is 8. The number of hydrogen-bond acceptors (Lipinski definition) is 4. The highest BCUT2D eigenvalue weighted by molar-refractivity contribution is 5.77. The van der Waals surface area contributed by atoms with E-state index in [-0.39, 0.29) is 5.97 Å². The highest BCUT2D eigenvalue weighted by atomic mass is 16.5. The summed E-state index contributed by atoms with van der Waals surface area (Å²) in [5.74, 6) is 0.0629. The van der Waals surface area contributed by atoms with Crippen LogP contribution in [0.1, 0.15) is 51.1 Å². The third-order valence-electron chi connectivity index (χ3n) is 3.34. The molecule has 0 amide bonds. The molecule has 2 atom stereocenters. The molecule has 0 radical (unpaired) electrons. The molecule has 108 valence electrons. The molecule has 1 heterocycles. The summed E-state index contributed by atoms with van der Waals surface area (Å²) < 4.78 is 6.94. The van der Waals surface area contributed by atoms with E-state index in [0.29, 0.717) is 18.1 Å². The van der Waals surface area contributed by atoms with Gasteiger partial charge in [-0.25, -0.2) is 4.79 Å². The molecule has 0 bridgehead atoms. The maximum Gasteiger partial charge on any atom is 0.327 e. The highest BCUT2D eigenvalue weighted by Crippen LogP contribution is 2.15. The highest BCUT2D eigenvalue weighted by Gasteiger charge is 2.20. The van der Waals surface area contributed by atoms with Crippen LogP contribution in [0.15, 0.2) is 12.4 Å². The van der Waals surface area contributed by atoms with Crippen LogP contribution in [0, 0.1) is 5.92 Å². The smallest absolute Gasteiger partial charge is 0.327 e. The van der Waals surface area contributed by atoms with Crippen LogP contribution >= 0.6 is 0 Å². The number of ether oxygens (including phenoxy) is 1. The summed E-state index contributed by atoms with van der Waals surface area (Å²) in [6.45, 7) is 4.75. The standard InChI is InChI=1S/C14H25N3O2/c1-4-6-7-11(5-2)10-19-14(18)13(15)12-8-16-17(3)9-12/h8-9,11,13H,4-7,10,15H2,1-3H3. The number of carbonyl (C=O) groups is 1. The Kier molecular flexibility index (Phi) is 6.56. The lowest BCUT2D eigenvalue weighted by atomic mass is 10.0. The minimum Gasteiger partial charge on any atom is -0.464 e. The fourth-order valence-corrected chi connectivity index (χ4v) is 1.92. The van der Waals surface area contributed by atoms with E-state index < -0.39 is 6.04 Å². The average molecular weight is 267 g/mol. The lowest BCUT2D eigenvalue weighted by Gasteiger charge is -2.16. The Labute approximate surface area is 115 Å². The van der Waals surface area contributed by atoms with Gasteiger partial charge in [0.05, 0.1) is 12.8 Å². The third-order valence-corrected chi connectivity index (χ3v) is 3.34. The van der Waals surface area contributed by atoms with Gasteiger partial charge in [-0.05, 0) is 12.3 Å². The normalized spacial score (nSPS) is 14.1. The van der Waals surface area contributed by atoms with Crippen molar-refractivity contribution < 1.29 is 9.53 Å². The Morgan fingerprint density at radius 1 is 1.53 bits per heavy atom. The van der Waals surface area contributed by atoms with Gasteiger partial charge in [0.2, 0.25) is 0 Å². The quantitative estimate of drug-likeness (QED) is 0.733. The molecule has 5 heteroatoms. The Bertz CT molecular complexity index is 390. The van der Waals surface area contributed by atoms with Crippen LogP contribution in [-0.2, 0) is 16.6 Å². The number of esters is 1. The summed E-state index contributed by atoms with van der Waals surface area (Å²) in [5.41, 5.74) is 6.54. The molecule has 0 aliphatic rings. The van der Waals surface area contributed by atoms with E-state index in [9.17, 15) is 4.79 Å². The number of aryl methyl sites for hydroxylation is 1. The molecule has 1 aromatic heterocycles. The van der Waals surface area contributed by atoms with E-state index in [1.165, 1.54) is 12.8 Å². The third kappa shape index (κ3) is 5.03. The summed E-state index contributed by atoms with van der Waals surface area (Å²) in [7, 11) is 1.79. The van der Waals surface area contributed by atoms with Crippen LogP contribution < -0.4 is 5.73 Å². The molecule has 0 aliphatic carbocycles. The van der Waals surface area contributed by atoms with Crippen molar-refractivity contribution in [2.75, 3.05) is 6.61 Å². The van der Waals surface area contributed by atoms with Gasteiger partial charge in [0.25, 0.3) is 0 Å². The molecule has 0 spiro atoms.